The van der Waals surface area contributed by atoms with Crippen LogP contribution in [0.15, 0.2) is 48.5 Å². The standard InChI is InChI=1S/C15H12F3NO3/c16-15(17,18)22-13-6-2-4-11(8-13)14(21)19-12-5-1-3-10(7-12)9-20/h1-8,20H,9H2,(H,19,21). The van der Waals surface area contributed by atoms with Gasteiger partial charge in [-0.3, -0.25) is 4.79 Å². The number of halogens is 3. The van der Waals surface area contributed by atoms with Gasteiger partial charge in [-0.1, -0.05) is 18.2 Å². The number of carbonyl (C=O) groups excluding carboxylic acids is 1. The monoisotopic (exact) mass is 311 g/mol. The Morgan fingerprint density at radius 1 is 1.14 bits per heavy atom. The second-order valence-corrected chi connectivity index (χ2v) is 4.39. The molecule has 2 aromatic rings. The molecule has 4 nitrogen and oxygen atoms in total. The van der Waals surface area contributed by atoms with Gasteiger partial charge in [-0.2, -0.15) is 0 Å². The highest BCUT2D eigenvalue weighted by Crippen LogP contribution is 2.23. The lowest BCUT2D eigenvalue weighted by Crippen LogP contribution is -2.18. The van der Waals surface area contributed by atoms with Crippen LogP contribution in [0.4, 0.5) is 18.9 Å². The van der Waals surface area contributed by atoms with Gasteiger partial charge in [-0.25, -0.2) is 0 Å². The molecule has 0 fully saturated rings. The Morgan fingerprint density at radius 2 is 1.86 bits per heavy atom. The van der Waals surface area contributed by atoms with Crippen LogP contribution in [0, 0.1) is 0 Å². The van der Waals surface area contributed by atoms with Crippen LogP contribution in [-0.2, 0) is 6.61 Å². The van der Waals surface area contributed by atoms with Crippen LogP contribution in [0.2, 0.25) is 0 Å². The number of aliphatic hydroxyl groups excluding tert-OH is 1. The van der Waals surface area contributed by atoms with Crippen molar-refractivity contribution in [1.82, 2.24) is 0 Å². The van der Waals surface area contributed by atoms with Crippen molar-refractivity contribution in [2.75, 3.05) is 5.32 Å². The summed E-state index contributed by atoms with van der Waals surface area (Å²) in [5, 5.41) is 11.6. The highest BCUT2D eigenvalue weighted by atomic mass is 19.4. The smallest absolute Gasteiger partial charge is 0.406 e. The SMILES string of the molecule is O=C(Nc1cccc(CO)c1)c1cccc(OC(F)(F)F)c1. The molecule has 0 aliphatic heterocycles. The molecular weight excluding hydrogens is 299 g/mol. The van der Waals surface area contributed by atoms with Crippen molar-refractivity contribution in [3.8, 4) is 5.75 Å². The first-order valence-corrected chi connectivity index (χ1v) is 6.24. The Kier molecular flexibility index (Phi) is 4.67. The minimum atomic E-state index is -4.81. The van der Waals surface area contributed by atoms with Gasteiger partial charge in [0.05, 0.1) is 6.61 Å². The zero-order valence-corrected chi connectivity index (χ0v) is 11.2. The largest absolute Gasteiger partial charge is 0.573 e. The van der Waals surface area contributed by atoms with Gasteiger partial charge in [-0.15, -0.1) is 13.2 Å². The average Bonchev–Trinajstić information content (AvgIpc) is 2.46. The van der Waals surface area contributed by atoms with Gasteiger partial charge in [0.15, 0.2) is 0 Å². The van der Waals surface area contributed by atoms with E-state index in [1.807, 2.05) is 0 Å². The predicted octanol–water partition coefficient (Wildman–Crippen LogP) is 3.33. The molecule has 1 amide bonds. The lowest BCUT2D eigenvalue weighted by Gasteiger charge is -2.10. The number of rotatable bonds is 4. The molecule has 0 atom stereocenters. The number of ether oxygens (including phenoxy) is 1. The van der Waals surface area contributed by atoms with Gasteiger partial charge < -0.3 is 15.2 Å². The van der Waals surface area contributed by atoms with E-state index >= 15 is 0 Å². The molecule has 0 aliphatic rings. The summed E-state index contributed by atoms with van der Waals surface area (Å²) in [7, 11) is 0. The van der Waals surface area contributed by atoms with Crippen LogP contribution in [0.1, 0.15) is 15.9 Å². The van der Waals surface area contributed by atoms with Gasteiger partial charge in [0.25, 0.3) is 5.91 Å². The van der Waals surface area contributed by atoms with Crippen molar-refractivity contribution in [3.05, 3.63) is 59.7 Å². The molecule has 0 bridgehead atoms. The Bertz CT molecular complexity index is 671. The van der Waals surface area contributed by atoms with Crippen molar-refractivity contribution >= 4 is 11.6 Å². The summed E-state index contributed by atoms with van der Waals surface area (Å²) in [5.74, 6) is -1.05. The van der Waals surface area contributed by atoms with E-state index in [0.717, 1.165) is 12.1 Å². The minimum absolute atomic E-state index is 0.0242. The summed E-state index contributed by atoms with van der Waals surface area (Å²) in [4.78, 5) is 12.0. The van der Waals surface area contributed by atoms with Crippen LogP contribution in [0.5, 0.6) is 5.75 Å². The summed E-state index contributed by atoms with van der Waals surface area (Å²) in [6.07, 6.45) is -4.81. The Labute approximate surface area is 124 Å². The fourth-order valence-corrected chi connectivity index (χ4v) is 1.79. The number of carbonyl (C=O) groups is 1. The molecule has 7 heteroatoms. The molecule has 0 saturated carbocycles. The van der Waals surface area contributed by atoms with Gasteiger partial charge in [0, 0.05) is 11.3 Å². The number of amides is 1. The zero-order chi connectivity index (χ0) is 16.2. The molecular formula is C15H12F3NO3. The number of hydrogen-bond acceptors (Lipinski definition) is 3. The Balaban J connectivity index is 2.14. The highest BCUT2D eigenvalue weighted by molar-refractivity contribution is 6.04. The first kappa shape index (κ1) is 15.8. The Hall–Kier alpha value is -2.54. The van der Waals surface area contributed by atoms with Crippen LogP contribution in [0.3, 0.4) is 0 Å². The van der Waals surface area contributed by atoms with E-state index in [2.05, 4.69) is 10.1 Å². The van der Waals surface area contributed by atoms with Crippen molar-refractivity contribution in [2.24, 2.45) is 0 Å². The predicted molar refractivity (Wildman–Crippen MR) is 73.4 cm³/mol. The lowest BCUT2D eigenvalue weighted by atomic mass is 10.1. The zero-order valence-electron chi connectivity index (χ0n) is 11.2. The molecule has 0 saturated heterocycles. The number of benzene rings is 2. The number of aliphatic hydroxyl groups is 1. The van der Waals surface area contributed by atoms with Gasteiger partial charge >= 0.3 is 6.36 Å². The molecule has 0 heterocycles. The maximum atomic E-state index is 12.2. The number of anilines is 1. The van der Waals surface area contributed by atoms with E-state index in [1.54, 1.807) is 24.3 Å². The van der Waals surface area contributed by atoms with Crippen LogP contribution in [-0.4, -0.2) is 17.4 Å². The topological polar surface area (TPSA) is 58.6 Å². The van der Waals surface area contributed by atoms with Crippen molar-refractivity contribution in [1.29, 1.82) is 0 Å². The quantitative estimate of drug-likeness (QED) is 0.910. The third-order valence-corrected chi connectivity index (χ3v) is 2.70. The second kappa shape index (κ2) is 6.48. The maximum absolute atomic E-state index is 12.2. The molecule has 22 heavy (non-hydrogen) atoms. The number of nitrogens with one attached hydrogen (secondary N) is 1. The molecule has 0 radical (unpaired) electrons. The summed E-state index contributed by atoms with van der Waals surface area (Å²) in [6.45, 7) is -0.182. The van der Waals surface area contributed by atoms with Gasteiger partial charge in [0.1, 0.15) is 5.75 Å². The molecule has 0 unspecified atom stereocenters. The van der Waals surface area contributed by atoms with E-state index in [-0.39, 0.29) is 12.2 Å². The number of hydrogen-bond donors (Lipinski definition) is 2. The van der Waals surface area contributed by atoms with Crippen LogP contribution >= 0.6 is 0 Å². The van der Waals surface area contributed by atoms with E-state index in [0.29, 0.717) is 11.3 Å². The maximum Gasteiger partial charge on any atom is 0.573 e. The molecule has 2 rings (SSSR count). The summed E-state index contributed by atoms with van der Waals surface area (Å²) in [6, 6.07) is 11.3. The van der Waals surface area contributed by atoms with Gasteiger partial charge in [-0.05, 0) is 35.9 Å². The summed E-state index contributed by atoms with van der Waals surface area (Å²) < 4.78 is 40.2. The van der Waals surface area contributed by atoms with Crippen LogP contribution in [0.25, 0.3) is 0 Å². The van der Waals surface area contributed by atoms with Gasteiger partial charge in [0.2, 0.25) is 0 Å². The van der Waals surface area contributed by atoms with E-state index < -0.39 is 18.0 Å². The van der Waals surface area contributed by atoms with E-state index in [4.69, 9.17) is 5.11 Å². The average molecular weight is 311 g/mol. The molecule has 0 spiro atoms. The molecule has 0 aromatic heterocycles. The van der Waals surface area contributed by atoms with Crippen LogP contribution < -0.4 is 10.1 Å². The molecule has 116 valence electrons. The van der Waals surface area contributed by atoms with Crippen molar-refractivity contribution in [3.63, 3.8) is 0 Å². The fourth-order valence-electron chi connectivity index (χ4n) is 1.79. The highest BCUT2D eigenvalue weighted by Gasteiger charge is 2.31. The lowest BCUT2D eigenvalue weighted by molar-refractivity contribution is -0.274. The van der Waals surface area contributed by atoms with E-state index in [1.165, 1.54) is 12.1 Å². The first-order valence-electron chi connectivity index (χ1n) is 6.24. The third-order valence-electron chi connectivity index (χ3n) is 2.70. The summed E-state index contributed by atoms with van der Waals surface area (Å²) in [5.41, 5.74) is 1.06. The van der Waals surface area contributed by atoms with Crippen molar-refractivity contribution < 1.29 is 27.8 Å². The normalized spacial score (nSPS) is 11.1. The van der Waals surface area contributed by atoms with E-state index in [9.17, 15) is 18.0 Å². The summed E-state index contributed by atoms with van der Waals surface area (Å²) >= 11 is 0. The first-order chi connectivity index (χ1) is 10.4. The Morgan fingerprint density at radius 3 is 2.55 bits per heavy atom. The number of alkyl halides is 3. The minimum Gasteiger partial charge on any atom is -0.406 e. The third kappa shape index (κ3) is 4.49. The molecule has 2 N–H and O–H groups in total. The second-order valence-electron chi connectivity index (χ2n) is 4.39. The fraction of sp³-hybridized carbons (Fsp3) is 0.133. The molecule has 0 aliphatic carbocycles. The molecule has 2 aromatic carbocycles. The van der Waals surface area contributed by atoms with Crippen molar-refractivity contribution in [2.45, 2.75) is 13.0 Å².